The Balaban J connectivity index is 3.61. The quantitative estimate of drug-likeness (QED) is 0.0660. The molecular weight excluding hydrogens is 470 g/mol. The van der Waals surface area contributed by atoms with Gasteiger partial charge < -0.3 is 15.5 Å². The second-order valence-corrected chi connectivity index (χ2v) is 11.2. The van der Waals surface area contributed by atoms with Crippen LogP contribution in [0.25, 0.3) is 0 Å². The second-order valence-electron chi connectivity index (χ2n) is 11.2. The molecule has 2 unspecified atom stereocenters. The molecule has 0 rings (SSSR count). The number of nitrogens with one attached hydrogen (secondary N) is 1. The number of carbonyl (C=O) groups excluding carboxylic acids is 1. The first-order valence-electron chi connectivity index (χ1n) is 16.6. The SMILES string of the molecule is CCCCCCCCCCCCCCCC/C=C/CC/C=C/C(O)C(CO)NC(=O)CCCCCCCC. The summed E-state index contributed by atoms with van der Waals surface area (Å²) < 4.78 is 0. The summed E-state index contributed by atoms with van der Waals surface area (Å²) in [4.78, 5) is 12.1. The van der Waals surface area contributed by atoms with Crippen molar-refractivity contribution in [2.24, 2.45) is 0 Å². The average molecular weight is 536 g/mol. The fraction of sp³-hybridized carbons (Fsp3) is 0.853. The molecule has 0 saturated heterocycles. The average Bonchev–Trinajstić information content (AvgIpc) is 2.92. The van der Waals surface area contributed by atoms with E-state index >= 15 is 0 Å². The van der Waals surface area contributed by atoms with E-state index in [4.69, 9.17) is 0 Å². The van der Waals surface area contributed by atoms with Crippen LogP contribution in [0.5, 0.6) is 0 Å². The van der Waals surface area contributed by atoms with Crippen molar-refractivity contribution in [3.8, 4) is 0 Å². The Morgan fingerprint density at radius 1 is 0.605 bits per heavy atom. The van der Waals surface area contributed by atoms with Crippen LogP contribution in [0.15, 0.2) is 24.3 Å². The van der Waals surface area contributed by atoms with Crippen LogP contribution >= 0.6 is 0 Å². The molecule has 38 heavy (non-hydrogen) atoms. The van der Waals surface area contributed by atoms with Gasteiger partial charge in [-0.2, -0.15) is 0 Å². The molecule has 0 fully saturated rings. The lowest BCUT2D eigenvalue weighted by Gasteiger charge is -2.19. The van der Waals surface area contributed by atoms with Gasteiger partial charge in [-0.25, -0.2) is 0 Å². The first kappa shape index (κ1) is 36.9. The van der Waals surface area contributed by atoms with Gasteiger partial charge in [0.15, 0.2) is 0 Å². The third-order valence-electron chi connectivity index (χ3n) is 7.44. The van der Waals surface area contributed by atoms with Crippen LogP contribution in [0, 0.1) is 0 Å². The standard InChI is InChI=1S/C34H65NO3/c1-3-5-7-9-11-12-13-14-15-16-17-18-19-20-21-22-23-24-25-27-29-33(37)32(31-36)35-34(38)30-28-26-10-8-6-4-2/h22-23,27,29,32-33,36-37H,3-21,24-26,28,30-31H2,1-2H3,(H,35,38)/b23-22+,29-27+. The van der Waals surface area contributed by atoms with Crippen molar-refractivity contribution in [2.75, 3.05) is 6.61 Å². The zero-order chi connectivity index (χ0) is 27.9. The van der Waals surface area contributed by atoms with Crippen LogP contribution in [-0.4, -0.2) is 34.9 Å². The first-order valence-corrected chi connectivity index (χ1v) is 16.6. The van der Waals surface area contributed by atoms with E-state index < -0.39 is 12.1 Å². The molecule has 0 aromatic rings. The van der Waals surface area contributed by atoms with Crippen LogP contribution in [0.3, 0.4) is 0 Å². The molecule has 0 heterocycles. The van der Waals surface area contributed by atoms with Crippen molar-refractivity contribution in [3.05, 3.63) is 24.3 Å². The lowest BCUT2D eigenvalue weighted by atomic mass is 10.0. The molecule has 0 saturated carbocycles. The van der Waals surface area contributed by atoms with Crippen molar-refractivity contribution >= 4 is 5.91 Å². The highest BCUT2D eigenvalue weighted by Gasteiger charge is 2.17. The molecule has 0 aromatic heterocycles. The molecule has 0 radical (unpaired) electrons. The van der Waals surface area contributed by atoms with Gasteiger partial charge in [0.05, 0.1) is 18.8 Å². The smallest absolute Gasteiger partial charge is 0.220 e. The van der Waals surface area contributed by atoms with Gasteiger partial charge in [-0.05, 0) is 32.1 Å². The molecular formula is C34H65NO3. The number of unbranched alkanes of at least 4 members (excludes halogenated alkanes) is 20. The Labute approximate surface area is 237 Å². The third kappa shape index (κ3) is 26.5. The minimum atomic E-state index is -0.854. The molecule has 224 valence electrons. The van der Waals surface area contributed by atoms with Crippen molar-refractivity contribution in [3.63, 3.8) is 0 Å². The largest absolute Gasteiger partial charge is 0.394 e. The predicted octanol–water partition coefficient (Wildman–Crippen LogP) is 9.34. The minimum Gasteiger partial charge on any atom is -0.394 e. The van der Waals surface area contributed by atoms with E-state index in [1.165, 1.54) is 116 Å². The summed E-state index contributed by atoms with van der Waals surface area (Å²) in [7, 11) is 0. The summed E-state index contributed by atoms with van der Waals surface area (Å²) >= 11 is 0. The Bertz CT molecular complexity index is 546. The lowest BCUT2D eigenvalue weighted by Crippen LogP contribution is -2.45. The van der Waals surface area contributed by atoms with Gasteiger partial charge in [0.2, 0.25) is 5.91 Å². The predicted molar refractivity (Wildman–Crippen MR) is 165 cm³/mol. The number of amides is 1. The van der Waals surface area contributed by atoms with Gasteiger partial charge in [-0.1, -0.05) is 154 Å². The fourth-order valence-corrected chi connectivity index (χ4v) is 4.84. The molecule has 0 aliphatic carbocycles. The van der Waals surface area contributed by atoms with E-state index in [2.05, 4.69) is 31.3 Å². The highest BCUT2D eigenvalue weighted by Crippen LogP contribution is 2.13. The molecule has 3 N–H and O–H groups in total. The molecule has 0 aliphatic heterocycles. The van der Waals surface area contributed by atoms with Gasteiger partial charge in [0.25, 0.3) is 0 Å². The summed E-state index contributed by atoms with van der Waals surface area (Å²) in [5.41, 5.74) is 0. The number of aliphatic hydroxyl groups excluding tert-OH is 2. The van der Waals surface area contributed by atoms with Gasteiger partial charge in [-0.3, -0.25) is 4.79 Å². The minimum absolute atomic E-state index is 0.0848. The normalized spacial score (nSPS) is 13.5. The molecule has 2 atom stereocenters. The number of allylic oxidation sites excluding steroid dienone is 3. The van der Waals surface area contributed by atoms with Crippen molar-refractivity contribution in [2.45, 2.75) is 180 Å². The number of hydrogen-bond acceptors (Lipinski definition) is 3. The zero-order valence-electron chi connectivity index (χ0n) is 25.4. The first-order chi connectivity index (χ1) is 18.7. The summed E-state index contributed by atoms with van der Waals surface area (Å²) in [6.45, 7) is 4.22. The third-order valence-corrected chi connectivity index (χ3v) is 7.44. The zero-order valence-corrected chi connectivity index (χ0v) is 25.4. The van der Waals surface area contributed by atoms with Crippen LogP contribution in [0.4, 0.5) is 0 Å². The van der Waals surface area contributed by atoms with E-state index in [1.807, 2.05) is 6.08 Å². The highest BCUT2D eigenvalue weighted by molar-refractivity contribution is 5.76. The monoisotopic (exact) mass is 535 g/mol. The van der Waals surface area contributed by atoms with Crippen molar-refractivity contribution < 1.29 is 15.0 Å². The van der Waals surface area contributed by atoms with E-state index in [1.54, 1.807) is 6.08 Å². The fourth-order valence-electron chi connectivity index (χ4n) is 4.84. The number of carbonyl (C=O) groups is 1. The Kier molecular flexibility index (Phi) is 29.5. The lowest BCUT2D eigenvalue weighted by molar-refractivity contribution is -0.123. The maximum atomic E-state index is 12.1. The summed E-state index contributed by atoms with van der Waals surface area (Å²) in [5, 5.41) is 22.6. The molecule has 0 bridgehead atoms. The van der Waals surface area contributed by atoms with Crippen LogP contribution in [0.1, 0.15) is 168 Å². The van der Waals surface area contributed by atoms with Gasteiger partial charge in [0.1, 0.15) is 0 Å². The summed E-state index contributed by atoms with van der Waals surface area (Å²) in [6, 6.07) is -0.630. The maximum absolute atomic E-state index is 12.1. The topological polar surface area (TPSA) is 69.6 Å². The maximum Gasteiger partial charge on any atom is 0.220 e. The van der Waals surface area contributed by atoms with Gasteiger partial charge >= 0.3 is 0 Å². The van der Waals surface area contributed by atoms with Crippen LogP contribution in [-0.2, 0) is 4.79 Å². The molecule has 0 aliphatic rings. The van der Waals surface area contributed by atoms with E-state index in [9.17, 15) is 15.0 Å². The highest BCUT2D eigenvalue weighted by atomic mass is 16.3. The molecule has 4 heteroatoms. The summed E-state index contributed by atoms with van der Waals surface area (Å²) in [5.74, 6) is -0.0848. The van der Waals surface area contributed by atoms with Gasteiger partial charge in [0, 0.05) is 6.42 Å². The van der Waals surface area contributed by atoms with E-state index in [-0.39, 0.29) is 12.5 Å². The Morgan fingerprint density at radius 2 is 1.03 bits per heavy atom. The van der Waals surface area contributed by atoms with Gasteiger partial charge in [-0.15, -0.1) is 0 Å². The Hall–Kier alpha value is -1.13. The van der Waals surface area contributed by atoms with E-state index in [0.717, 1.165) is 32.1 Å². The molecule has 0 aromatic carbocycles. The number of aliphatic hydroxyl groups is 2. The van der Waals surface area contributed by atoms with E-state index in [0.29, 0.717) is 6.42 Å². The second kappa shape index (κ2) is 30.4. The van der Waals surface area contributed by atoms with Crippen LogP contribution < -0.4 is 5.32 Å². The molecule has 0 spiro atoms. The molecule has 1 amide bonds. The number of rotatable bonds is 29. The summed E-state index contributed by atoms with van der Waals surface area (Å²) in [6.07, 6.45) is 37.1. The van der Waals surface area contributed by atoms with Crippen molar-refractivity contribution in [1.29, 1.82) is 0 Å². The van der Waals surface area contributed by atoms with Crippen molar-refractivity contribution in [1.82, 2.24) is 5.32 Å². The van der Waals surface area contributed by atoms with Crippen LogP contribution in [0.2, 0.25) is 0 Å². The Morgan fingerprint density at radius 3 is 1.53 bits per heavy atom. The molecule has 4 nitrogen and oxygen atoms in total. The number of hydrogen-bond donors (Lipinski definition) is 3.